The van der Waals surface area contributed by atoms with Crippen LogP contribution in [0.1, 0.15) is 29.5 Å². The number of nitrogens with one attached hydrogen (secondary N) is 1. The summed E-state index contributed by atoms with van der Waals surface area (Å²) >= 11 is 6.00. The molecule has 34 heavy (non-hydrogen) atoms. The van der Waals surface area contributed by atoms with Crippen molar-refractivity contribution < 1.29 is 0 Å². The molecular weight excluding hydrogens is 448 g/mol. The molecule has 0 saturated carbocycles. The number of nitrogens with zero attached hydrogens (tertiary/aromatic N) is 5. The van der Waals surface area contributed by atoms with Gasteiger partial charge in [0, 0.05) is 17.3 Å². The van der Waals surface area contributed by atoms with Crippen molar-refractivity contribution in [3.63, 3.8) is 0 Å². The van der Waals surface area contributed by atoms with E-state index in [4.69, 9.17) is 11.6 Å². The van der Waals surface area contributed by atoms with Crippen molar-refractivity contribution in [2.24, 2.45) is 0 Å². The highest BCUT2D eigenvalue weighted by Crippen LogP contribution is 2.34. The van der Waals surface area contributed by atoms with E-state index >= 15 is 0 Å². The molecule has 2 aromatic carbocycles. The largest absolute Gasteiger partial charge is 0.340 e. The van der Waals surface area contributed by atoms with Gasteiger partial charge < -0.3 is 9.55 Å². The van der Waals surface area contributed by atoms with Crippen LogP contribution in [-0.4, -0.2) is 29.5 Å². The molecule has 1 aliphatic heterocycles. The molecule has 0 amide bonds. The average molecular weight is 468 g/mol. The van der Waals surface area contributed by atoms with Crippen LogP contribution in [0.25, 0.3) is 28.1 Å². The van der Waals surface area contributed by atoms with Crippen molar-refractivity contribution in [1.82, 2.24) is 29.5 Å². The van der Waals surface area contributed by atoms with Crippen LogP contribution in [0.2, 0.25) is 5.15 Å². The van der Waals surface area contributed by atoms with Crippen LogP contribution in [0, 0.1) is 13.0 Å². The molecule has 1 N–H and O–H groups in total. The second-order valence-electron chi connectivity index (χ2n) is 8.48. The Kier molecular flexibility index (Phi) is 4.92. The van der Waals surface area contributed by atoms with E-state index in [1.807, 2.05) is 54.1 Å². The minimum atomic E-state index is -0.119. The van der Waals surface area contributed by atoms with Crippen LogP contribution in [0.5, 0.6) is 0 Å². The Hall–Kier alpha value is -3.97. The van der Waals surface area contributed by atoms with Crippen LogP contribution in [0.4, 0.5) is 0 Å². The highest BCUT2D eigenvalue weighted by molar-refractivity contribution is 6.29. The SMILES string of the molecule is Cc1ccc(-n2cc(Cl)nn2)c(-c2cc3n(c(=O)c2)[C@H](c2ncc(-c4cc[c]cc4)[nH]2)CC3)c1. The summed E-state index contributed by atoms with van der Waals surface area (Å²) in [5.41, 5.74) is 6.58. The number of aryl methyl sites for hydroxylation is 2. The monoisotopic (exact) mass is 467 g/mol. The number of H-pyrrole nitrogens is 1. The lowest BCUT2D eigenvalue weighted by molar-refractivity contribution is 0.572. The minimum Gasteiger partial charge on any atom is -0.340 e. The number of aromatic nitrogens is 6. The second-order valence-corrected chi connectivity index (χ2v) is 8.86. The molecule has 1 aliphatic rings. The quantitative estimate of drug-likeness (QED) is 0.412. The maximum Gasteiger partial charge on any atom is 0.252 e. The van der Waals surface area contributed by atoms with Crippen molar-refractivity contribution >= 4 is 11.6 Å². The second kappa shape index (κ2) is 8.11. The molecule has 5 aromatic rings. The van der Waals surface area contributed by atoms with E-state index in [0.29, 0.717) is 5.15 Å². The highest BCUT2D eigenvalue weighted by atomic mass is 35.5. The van der Waals surface area contributed by atoms with E-state index in [1.165, 1.54) is 0 Å². The van der Waals surface area contributed by atoms with E-state index in [1.54, 1.807) is 16.9 Å². The fourth-order valence-corrected chi connectivity index (χ4v) is 4.80. The number of rotatable bonds is 4. The van der Waals surface area contributed by atoms with Gasteiger partial charge in [0.1, 0.15) is 5.82 Å². The Bertz CT molecular complexity index is 1570. The van der Waals surface area contributed by atoms with Gasteiger partial charge in [-0.2, -0.15) is 0 Å². The lowest BCUT2D eigenvalue weighted by Crippen LogP contribution is -2.23. The highest BCUT2D eigenvalue weighted by Gasteiger charge is 2.28. The number of imidazole rings is 1. The lowest BCUT2D eigenvalue weighted by Gasteiger charge is -2.15. The average Bonchev–Trinajstić information content (AvgIpc) is 3.59. The molecule has 0 spiro atoms. The number of benzene rings is 2. The van der Waals surface area contributed by atoms with Gasteiger partial charge in [0.05, 0.1) is 29.8 Å². The first kappa shape index (κ1) is 20.6. The number of pyridine rings is 1. The molecule has 1 radical (unpaired) electrons. The maximum atomic E-state index is 13.4. The predicted octanol–water partition coefficient (Wildman–Crippen LogP) is 4.78. The molecule has 0 saturated heterocycles. The molecule has 167 valence electrons. The topological polar surface area (TPSA) is 81.4 Å². The van der Waals surface area contributed by atoms with E-state index in [0.717, 1.165) is 58.0 Å². The van der Waals surface area contributed by atoms with Crippen molar-refractivity contribution in [1.29, 1.82) is 0 Å². The summed E-state index contributed by atoms with van der Waals surface area (Å²) in [7, 11) is 0. The summed E-state index contributed by atoms with van der Waals surface area (Å²) in [6.45, 7) is 2.02. The fourth-order valence-electron chi connectivity index (χ4n) is 4.67. The van der Waals surface area contributed by atoms with Crippen LogP contribution < -0.4 is 5.56 Å². The Morgan fingerprint density at radius 1 is 1.12 bits per heavy atom. The number of fused-ring (bicyclic) bond motifs is 1. The normalized spacial score (nSPS) is 14.9. The Labute approximate surface area is 200 Å². The summed E-state index contributed by atoms with van der Waals surface area (Å²) < 4.78 is 3.49. The van der Waals surface area contributed by atoms with Gasteiger partial charge in [0.2, 0.25) is 0 Å². The molecule has 0 bridgehead atoms. The van der Waals surface area contributed by atoms with E-state index in [9.17, 15) is 4.79 Å². The summed E-state index contributed by atoms with van der Waals surface area (Å²) in [5, 5.41) is 8.32. The smallest absolute Gasteiger partial charge is 0.252 e. The number of hydrogen-bond acceptors (Lipinski definition) is 4. The zero-order valence-corrected chi connectivity index (χ0v) is 19.1. The molecule has 0 fully saturated rings. The standard InChI is InChI=1S/C26H20ClN6O/c1-16-7-9-22(32-15-24(27)30-31-32)20(11-16)18-12-19-8-10-23(33(19)25(34)13-18)26-28-14-21(29-26)17-5-3-2-4-6-17/h3-7,9,11-15,23H,8,10H2,1H3,(H,28,29)/t23-/m0/s1. The van der Waals surface area contributed by atoms with Crippen molar-refractivity contribution in [3.8, 4) is 28.1 Å². The summed E-state index contributed by atoms with van der Waals surface area (Å²) in [5.74, 6) is 0.796. The third kappa shape index (κ3) is 3.54. The zero-order valence-electron chi connectivity index (χ0n) is 18.4. The molecular formula is C26H20ClN6O. The lowest BCUT2D eigenvalue weighted by atomic mass is 10.0. The van der Waals surface area contributed by atoms with Crippen molar-refractivity contribution in [2.45, 2.75) is 25.8 Å². The fraction of sp³-hybridized carbons (Fsp3) is 0.154. The van der Waals surface area contributed by atoms with Gasteiger partial charge in [-0.25, -0.2) is 9.67 Å². The van der Waals surface area contributed by atoms with Crippen LogP contribution >= 0.6 is 11.6 Å². The first-order valence-electron chi connectivity index (χ1n) is 11.0. The van der Waals surface area contributed by atoms with E-state index < -0.39 is 0 Å². The van der Waals surface area contributed by atoms with E-state index in [-0.39, 0.29) is 11.6 Å². The van der Waals surface area contributed by atoms with Gasteiger partial charge in [0.15, 0.2) is 5.15 Å². The molecule has 8 heteroatoms. The number of halogens is 1. The molecule has 6 rings (SSSR count). The minimum absolute atomic E-state index is 0.0497. The van der Waals surface area contributed by atoms with Gasteiger partial charge in [0.25, 0.3) is 5.56 Å². The number of aromatic amines is 1. The summed E-state index contributed by atoms with van der Waals surface area (Å²) in [4.78, 5) is 21.4. The Balaban J connectivity index is 1.40. The molecule has 7 nitrogen and oxygen atoms in total. The Morgan fingerprint density at radius 2 is 1.97 bits per heavy atom. The molecule has 1 atom stereocenters. The first-order valence-corrected chi connectivity index (χ1v) is 11.4. The maximum absolute atomic E-state index is 13.4. The first-order chi connectivity index (χ1) is 16.6. The van der Waals surface area contributed by atoms with Gasteiger partial charge in [-0.1, -0.05) is 52.7 Å². The molecule has 0 aliphatic carbocycles. The van der Waals surface area contributed by atoms with Crippen molar-refractivity contribution in [2.75, 3.05) is 0 Å². The van der Waals surface area contributed by atoms with Crippen molar-refractivity contribution in [3.05, 3.63) is 106 Å². The number of hydrogen-bond donors (Lipinski definition) is 1. The third-order valence-electron chi connectivity index (χ3n) is 6.25. The van der Waals surface area contributed by atoms with Crippen LogP contribution in [0.15, 0.2) is 71.8 Å². The third-order valence-corrected chi connectivity index (χ3v) is 6.42. The van der Waals surface area contributed by atoms with Crippen LogP contribution in [0.3, 0.4) is 0 Å². The predicted molar refractivity (Wildman–Crippen MR) is 130 cm³/mol. The van der Waals surface area contributed by atoms with Gasteiger partial charge in [-0.05, 0) is 55.2 Å². The van der Waals surface area contributed by atoms with Gasteiger partial charge >= 0.3 is 0 Å². The zero-order chi connectivity index (χ0) is 23.2. The van der Waals surface area contributed by atoms with E-state index in [2.05, 4.69) is 38.5 Å². The summed E-state index contributed by atoms with van der Waals surface area (Å²) in [6, 6.07) is 20.4. The summed E-state index contributed by atoms with van der Waals surface area (Å²) in [6.07, 6.45) is 5.09. The van der Waals surface area contributed by atoms with Gasteiger partial charge in [-0.3, -0.25) is 4.79 Å². The molecule has 0 unspecified atom stereocenters. The Morgan fingerprint density at radius 3 is 2.76 bits per heavy atom. The van der Waals surface area contributed by atoms with Gasteiger partial charge in [-0.15, -0.1) is 5.10 Å². The van der Waals surface area contributed by atoms with Crippen LogP contribution in [-0.2, 0) is 6.42 Å². The molecule has 3 aromatic heterocycles. The molecule has 4 heterocycles.